The van der Waals surface area contributed by atoms with Gasteiger partial charge in [-0.15, -0.1) is 22.7 Å². The zero-order valence-corrected chi connectivity index (χ0v) is 24.8. The van der Waals surface area contributed by atoms with Crippen LogP contribution in [-0.2, 0) is 0 Å². The lowest BCUT2D eigenvalue weighted by Crippen LogP contribution is -2.29. The molecule has 6 rings (SSSR count). The molecule has 6 aromatic rings. The largest absolute Gasteiger partial charge is 0.488 e. The van der Waals surface area contributed by atoms with Crippen molar-refractivity contribution in [3.8, 4) is 10.6 Å². The fourth-order valence-electron chi connectivity index (χ4n) is 3.59. The molecule has 6 nitrogen and oxygen atoms in total. The fraction of sp³-hybridized carbons (Fsp3) is 0.0667. The molecule has 0 saturated heterocycles. The predicted molar refractivity (Wildman–Crippen MR) is 169 cm³/mol. The highest BCUT2D eigenvalue weighted by molar-refractivity contribution is 9.11. The maximum atomic E-state index is 11.4. The van der Waals surface area contributed by atoms with E-state index in [2.05, 4.69) is 25.9 Å². The van der Waals surface area contributed by atoms with Crippen molar-refractivity contribution >= 4 is 83.2 Å². The molecule has 40 heavy (non-hydrogen) atoms. The highest BCUT2D eigenvalue weighted by atomic mass is 79.9. The number of hydrogen-bond donors (Lipinski definition) is 2. The second-order valence-electron chi connectivity index (χ2n) is 8.61. The Kier molecular flexibility index (Phi) is 10.1. The Labute approximate surface area is 248 Å². The number of Topliss-reactive ketones (excluding diaryl/α,β-unsaturated/α-hetero) is 2. The van der Waals surface area contributed by atoms with Crippen molar-refractivity contribution in [1.82, 2.24) is 9.97 Å². The first-order valence-corrected chi connectivity index (χ1v) is 14.6. The summed E-state index contributed by atoms with van der Waals surface area (Å²) >= 11 is 6.46. The molecule has 2 N–H and O–H groups in total. The van der Waals surface area contributed by atoms with Crippen LogP contribution < -0.4 is 5.46 Å². The monoisotopic (exact) mass is 630 g/mol. The van der Waals surface area contributed by atoms with Gasteiger partial charge in [-0.3, -0.25) is 9.59 Å². The molecule has 0 aliphatic heterocycles. The minimum Gasteiger partial charge on any atom is -0.423 e. The lowest BCUT2D eigenvalue weighted by molar-refractivity contribution is 0.100. The van der Waals surface area contributed by atoms with Gasteiger partial charge in [-0.25, -0.2) is 9.97 Å². The first kappa shape index (κ1) is 29.4. The van der Waals surface area contributed by atoms with Crippen molar-refractivity contribution in [1.29, 1.82) is 0 Å². The quantitative estimate of drug-likeness (QED) is 0.164. The van der Waals surface area contributed by atoms with E-state index in [9.17, 15) is 9.59 Å². The molecule has 0 bridgehead atoms. The number of thiazole rings is 2. The van der Waals surface area contributed by atoms with E-state index in [1.165, 1.54) is 11.3 Å². The van der Waals surface area contributed by atoms with Gasteiger partial charge in [0.1, 0.15) is 5.01 Å². The molecule has 200 valence electrons. The Balaban J connectivity index is 0.000000148. The van der Waals surface area contributed by atoms with Gasteiger partial charge in [-0.1, -0.05) is 60.7 Å². The Hall–Kier alpha value is -3.54. The van der Waals surface area contributed by atoms with E-state index in [4.69, 9.17) is 10.0 Å². The van der Waals surface area contributed by atoms with Gasteiger partial charge in [0.05, 0.1) is 20.4 Å². The van der Waals surface area contributed by atoms with Gasteiger partial charge in [0.15, 0.2) is 15.5 Å². The second kappa shape index (κ2) is 13.7. The summed E-state index contributed by atoms with van der Waals surface area (Å²) in [5.41, 5.74) is 5.00. The molecule has 10 heteroatoms. The third-order valence-corrected chi connectivity index (χ3v) is 8.22. The maximum Gasteiger partial charge on any atom is 0.488 e. The van der Waals surface area contributed by atoms with Gasteiger partial charge in [-0.2, -0.15) is 0 Å². The van der Waals surface area contributed by atoms with Gasteiger partial charge in [0, 0.05) is 16.7 Å². The number of benzene rings is 4. The Morgan fingerprint density at radius 3 is 1.70 bits per heavy atom. The number of ketones is 2. The summed E-state index contributed by atoms with van der Waals surface area (Å²) in [7, 11) is -1.34. The molecule has 2 aromatic heterocycles. The van der Waals surface area contributed by atoms with Crippen molar-refractivity contribution in [3.63, 3.8) is 0 Å². The highest BCUT2D eigenvalue weighted by Gasteiger charge is 2.09. The molecule has 0 aliphatic rings. The number of fused-ring (bicyclic) bond motifs is 2. The van der Waals surface area contributed by atoms with E-state index in [1.807, 2.05) is 66.7 Å². The minimum atomic E-state index is -1.34. The molecular formula is C30H24BBrN2O4S2. The lowest BCUT2D eigenvalue weighted by atomic mass is 9.81. The molecule has 0 fully saturated rings. The fourth-order valence-corrected chi connectivity index (χ4v) is 6.04. The van der Waals surface area contributed by atoms with Crippen LogP contribution in [0.1, 0.15) is 34.6 Å². The maximum absolute atomic E-state index is 11.4. The smallest absolute Gasteiger partial charge is 0.423 e. The van der Waals surface area contributed by atoms with Crippen LogP contribution in [0.5, 0.6) is 0 Å². The zero-order valence-electron chi connectivity index (χ0n) is 21.6. The molecule has 4 aromatic carbocycles. The van der Waals surface area contributed by atoms with Crippen LogP contribution in [0.2, 0.25) is 0 Å². The highest BCUT2D eigenvalue weighted by Crippen LogP contribution is 2.30. The molecule has 0 unspecified atom stereocenters. The Bertz CT molecular complexity index is 1760. The molecular weight excluding hydrogens is 607 g/mol. The van der Waals surface area contributed by atoms with Gasteiger partial charge < -0.3 is 10.0 Å². The summed E-state index contributed by atoms with van der Waals surface area (Å²) < 4.78 is 2.95. The average molecular weight is 631 g/mol. The normalized spacial score (nSPS) is 10.3. The Morgan fingerprint density at radius 2 is 1.20 bits per heavy atom. The SMILES string of the molecule is CC(=O)c1ccc2nc(-c3ccccc3)sc2c1.CC(=O)c1ccc2nc(Br)sc2c1.OB(O)c1ccccc1. The Morgan fingerprint density at radius 1 is 0.700 bits per heavy atom. The van der Waals surface area contributed by atoms with Crippen molar-refractivity contribution in [3.05, 3.63) is 112 Å². The van der Waals surface area contributed by atoms with Gasteiger partial charge >= 0.3 is 7.12 Å². The predicted octanol–water partition coefficient (Wildman–Crippen LogP) is 6.79. The number of aromatic nitrogens is 2. The number of rotatable bonds is 4. The average Bonchev–Trinajstić information content (AvgIpc) is 3.56. The first-order valence-electron chi connectivity index (χ1n) is 12.2. The van der Waals surface area contributed by atoms with Gasteiger partial charge in [0.25, 0.3) is 0 Å². The van der Waals surface area contributed by atoms with E-state index < -0.39 is 7.12 Å². The number of hydrogen-bond acceptors (Lipinski definition) is 8. The molecule has 0 radical (unpaired) electrons. The van der Waals surface area contributed by atoms with Crippen LogP contribution in [0.3, 0.4) is 0 Å². The van der Waals surface area contributed by atoms with Crippen LogP contribution in [0.15, 0.2) is 101 Å². The summed E-state index contributed by atoms with van der Waals surface area (Å²) in [4.78, 5) is 31.2. The van der Waals surface area contributed by atoms with Gasteiger partial charge in [-0.05, 0) is 71.6 Å². The lowest BCUT2D eigenvalue weighted by Gasteiger charge is -1.94. The van der Waals surface area contributed by atoms with Crippen LogP contribution >= 0.6 is 38.6 Å². The van der Waals surface area contributed by atoms with E-state index in [0.29, 0.717) is 5.46 Å². The number of nitrogens with zero attached hydrogens (tertiary/aromatic N) is 2. The molecule has 0 atom stereocenters. The molecule has 0 spiro atoms. The van der Waals surface area contributed by atoms with Crippen molar-refractivity contribution in [2.24, 2.45) is 0 Å². The summed E-state index contributed by atoms with van der Waals surface area (Å²) in [5.74, 6) is 0.179. The van der Waals surface area contributed by atoms with E-state index in [0.717, 1.165) is 46.0 Å². The van der Waals surface area contributed by atoms with Crippen LogP contribution in [0.4, 0.5) is 0 Å². The van der Waals surface area contributed by atoms with Crippen molar-refractivity contribution in [2.45, 2.75) is 13.8 Å². The number of carbonyl (C=O) groups excluding carboxylic acids is 2. The summed E-state index contributed by atoms with van der Waals surface area (Å²) in [6.45, 7) is 3.15. The standard InChI is InChI=1S/C15H11NOS.C9H6BrNOS.C6H7BO2/c1-10(17)12-7-8-13-14(9-12)18-15(16-13)11-5-3-2-4-6-11;1-5(12)6-2-3-7-8(4-6)13-9(10)11-7;8-7(9)6-4-2-1-3-5-6/h2-9H,1H3;2-4H,1H3;1-5,8-9H. The van der Waals surface area contributed by atoms with Crippen molar-refractivity contribution in [2.75, 3.05) is 0 Å². The van der Waals surface area contributed by atoms with E-state index in [1.54, 1.807) is 55.5 Å². The van der Waals surface area contributed by atoms with Gasteiger partial charge in [0.2, 0.25) is 0 Å². The van der Waals surface area contributed by atoms with E-state index >= 15 is 0 Å². The molecule has 2 heterocycles. The summed E-state index contributed by atoms with van der Waals surface area (Å²) in [5, 5.41) is 18.2. The number of carbonyl (C=O) groups is 2. The van der Waals surface area contributed by atoms with Crippen molar-refractivity contribution < 1.29 is 19.6 Å². The third kappa shape index (κ3) is 7.77. The molecule has 0 saturated carbocycles. The topological polar surface area (TPSA) is 100 Å². The number of halogens is 1. The second-order valence-corrected chi connectivity index (χ2v) is 12.0. The van der Waals surface area contributed by atoms with Crippen LogP contribution in [-0.4, -0.2) is 38.7 Å². The molecule has 0 amide bonds. The third-order valence-electron chi connectivity index (χ3n) is 5.68. The van der Waals surface area contributed by atoms with Crippen LogP contribution in [0.25, 0.3) is 31.0 Å². The first-order chi connectivity index (χ1) is 19.2. The molecule has 0 aliphatic carbocycles. The zero-order chi connectivity index (χ0) is 28.6. The summed E-state index contributed by atoms with van der Waals surface area (Å²) in [6.07, 6.45) is 0. The van der Waals surface area contributed by atoms with E-state index in [-0.39, 0.29) is 11.6 Å². The van der Waals surface area contributed by atoms with Crippen LogP contribution in [0, 0.1) is 0 Å². The summed E-state index contributed by atoms with van der Waals surface area (Å²) in [6, 6.07) is 30.0. The minimum absolute atomic E-state index is 0.0893.